The van der Waals surface area contributed by atoms with Gasteiger partial charge in [-0.3, -0.25) is 0 Å². The van der Waals surface area contributed by atoms with E-state index < -0.39 is 10.0 Å². The zero-order chi connectivity index (χ0) is 22.6. The standard InChI is InChI=1S/C22H20N6O4S/c29-13-15-6-7-19(32-15)22-26-18-12-24-21-17(20(18)27(22)14-8-9-23-10-14)11-25-28(21)33(30,31)16-4-2-1-3-5-16/h1-7,11-12,14,23,29H,8-10,13H2. The molecular weight excluding hydrogens is 444 g/mol. The Labute approximate surface area is 188 Å². The quantitative estimate of drug-likeness (QED) is 0.406. The Bertz CT molecular complexity index is 1580. The van der Waals surface area contributed by atoms with Gasteiger partial charge in [0.2, 0.25) is 0 Å². The van der Waals surface area contributed by atoms with Crippen molar-refractivity contribution in [3.63, 3.8) is 0 Å². The van der Waals surface area contributed by atoms with Gasteiger partial charge in [-0.25, -0.2) is 9.97 Å². The minimum absolute atomic E-state index is 0.0901. The maximum absolute atomic E-state index is 13.2. The molecule has 1 aliphatic heterocycles. The average molecular weight is 465 g/mol. The molecular formula is C22H20N6O4S. The molecule has 1 fully saturated rings. The molecule has 1 aliphatic rings. The Kier molecular flexibility index (Phi) is 4.57. The monoisotopic (exact) mass is 464 g/mol. The zero-order valence-corrected chi connectivity index (χ0v) is 18.2. The lowest BCUT2D eigenvalue weighted by atomic mass is 10.2. The maximum atomic E-state index is 13.2. The van der Waals surface area contributed by atoms with Crippen LogP contribution in [0.4, 0.5) is 0 Å². The first-order chi connectivity index (χ1) is 16.1. The number of aliphatic hydroxyl groups excluding tert-OH is 1. The number of imidazole rings is 1. The third-order valence-corrected chi connectivity index (χ3v) is 7.51. The van der Waals surface area contributed by atoms with Gasteiger partial charge < -0.3 is 19.4 Å². The molecule has 0 spiro atoms. The summed E-state index contributed by atoms with van der Waals surface area (Å²) in [5.74, 6) is 1.57. The lowest BCUT2D eigenvalue weighted by Crippen LogP contribution is -2.15. The molecule has 0 bridgehead atoms. The van der Waals surface area contributed by atoms with Crippen molar-refractivity contribution in [2.45, 2.75) is 24.0 Å². The molecule has 6 rings (SSSR count). The van der Waals surface area contributed by atoms with E-state index in [0.717, 1.165) is 29.1 Å². The number of furan rings is 1. The van der Waals surface area contributed by atoms with Gasteiger partial charge in [-0.15, -0.1) is 4.09 Å². The molecule has 10 nitrogen and oxygen atoms in total. The van der Waals surface area contributed by atoms with E-state index in [1.807, 2.05) is 0 Å². The van der Waals surface area contributed by atoms with E-state index in [4.69, 9.17) is 9.40 Å². The van der Waals surface area contributed by atoms with Crippen LogP contribution in [-0.2, 0) is 16.6 Å². The molecule has 1 saturated heterocycles. The second-order valence-corrected chi connectivity index (χ2v) is 9.68. The fourth-order valence-electron chi connectivity index (χ4n) is 4.38. The van der Waals surface area contributed by atoms with Gasteiger partial charge in [-0.05, 0) is 37.2 Å². The van der Waals surface area contributed by atoms with Gasteiger partial charge in [0, 0.05) is 12.6 Å². The third kappa shape index (κ3) is 3.08. The summed E-state index contributed by atoms with van der Waals surface area (Å²) in [5.41, 5.74) is 1.60. The van der Waals surface area contributed by atoms with Crippen molar-refractivity contribution in [3.05, 3.63) is 60.6 Å². The fourth-order valence-corrected chi connectivity index (χ4v) is 5.63. The highest BCUT2D eigenvalue weighted by Gasteiger charge is 2.28. The van der Waals surface area contributed by atoms with Gasteiger partial charge >= 0.3 is 0 Å². The highest BCUT2D eigenvalue weighted by molar-refractivity contribution is 7.90. The van der Waals surface area contributed by atoms with E-state index >= 15 is 0 Å². The first-order valence-electron chi connectivity index (χ1n) is 10.5. The Morgan fingerprint density at radius 3 is 2.73 bits per heavy atom. The van der Waals surface area contributed by atoms with Crippen molar-refractivity contribution in [3.8, 4) is 11.6 Å². The zero-order valence-electron chi connectivity index (χ0n) is 17.4. The number of nitrogens with one attached hydrogen (secondary N) is 1. The van der Waals surface area contributed by atoms with Gasteiger partial charge in [0.25, 0.3) is 10.0 Å². The van der Waals surface area contributed by atoms with Crippen LogP contribution < -0.4 is 5.32 Å². The summed E-state index contributed by atoms with van der Waals surface area (Å²) in [5, 5.41) is 17.6. The minimum Gasteiger partial charge on any atom is -0.455 e. The van der Waals surface area contributed by atoms with Crippen LogP contribution in [0.1, 0.15) is 18.2 Å². The van der Waals surface area contributed by atoms with Crippen molar-refractivity contribution in [1.82, 2.24) is 29.0 Å². The van der Waals surface area contributed by atoms with E-state index in [1.165, 1.54) is 18.3 Å². The molecule has 4 aromatic heterocycles. The van der Waals surface area contributed by atoms with Crippen molar-refractivity contribution in [2.75, 3.05) is 13.1 Å². The number of pyridine rings is 1. The predicted molar refractivity (Wildman–Crippen MR) is 120 cm³/mol. The lowest BCUT2D eigenvalue weighted by molar-refractivity contribution is 0.248. The predicted octanol–water partition coefficient (Wildman–Crippen LogP) is 2.30. The number of rotatable bonds is 5. The van der Waals surface area contributed by atoms with Crippen LogP contribution in [0.3, 0.4) is 0 Å². The fraction of sp³-hybridized carbons (Fsp3) is 0.227. The van der Waals surface area contributed by atoms with Gasteiger partial charge in [0.15, 0.2) is 17.2 Å². The molecule has 0 amide bonds. The van der Waals surface area contributed by atoms with Crippen LogP contribution in [-0.4, -0.2) is 50.3 Å². The van der Waals surface area contributed by atoms with E-state index in [0.29, 0.717) is 28.2 Å². The average Bonchev–Trinajstić information content (AvgIpc) is 3.63. The summed E-state index contributed by atoms with van der Waals surface area (Å²) < 4.78 is 35.3. The van der Waals surface area contributed by atoms with Gasteiger partial charge in [-0.1, -0.05) is 18.2 Å². The van der Waals surface area contributed by atoms with Gasteiger partial charge in [-0.2, -0.15) is 13.5 Å². The molecule has 168 valence electrons. The Morgan fingerprint density at radius 1 is 1.15 bits per heavy atom. The highest BCUT2D eigenvalue weighted by Crippen LogP contribution is 2.35. The number of benzene rings is 1. The number of aromatic nitrogens is 5. The smallest absolute Gasteiger partial charge is 0.284 e. The van der Waals surface area contributed by atoms with Crippen molar-refractivity contribution in [1.29, 1.82) is 0 Å². The van der Waals surface area contributed by atoms with Crippen LogP contribution in [0.5, 0.6) is 0 Å². The van der Waals surface area contributed by atoms with Crippen LogP contribution in [0.15, 0.2) is 64.2 Å². The van der Waals surface area contributed by atoms with Crippen LogP contribution >= 0.6 is 0 Å². The summed E-state index contributed by atoms with van der Waals surface area (Å²) >= 11 is 0. The summed E-state index contributed by atoms with van der Waals surface area (Å²) in [6.45, 7) is 1.40. The Hall–Kier alpha value is -3.54. The van der Waals surface area contributed by atoms with E-state index in [1.54, 1.807) is 36.5 Å². The second-order valence-electron chi connectivity index (χ2n) is 7.91. The maximum Gasteiger partial charge on any atom is 0.284 e. The van der Waals surface area contributed by atoms with E-state index in [-0.39, 0.29) is 23.2 Å². The molecule has 1 atom stereocenters. The summed E-state index contributed by atoms with van der Waals surface area (Å²) in [6, 6.07) is 11.7. The molecule has 5 aromatic rings. The molecule has 11 heteroatoms. The van der Waals surface area contributed by atoms with Crippen molar-refractivity contribution >= 4 is 32.1 Å². The lowest BCUT2D eigenvalue weighted by Gasteiger charge is -2.15. The number of fused-ring (bicyclic) bond motifs is 3. The molecule has 0 aliphatic carbocycles. The SMILES string of the molecule is O=S(=O)(c1ccccc1)n1ncc2c1ncc1nc(-c3ccc(CO)o3)n(C3CCNC3)c12. The second kappa shape index (κ2) is 7.51. The number of nitrogens with zero attached hydrogens (tertiary/aromatic N) is 5. The van der Waals surface area contributed by atoms with E-state index in [9.17, 15) is 13.5 Å². The number of hydrogen-bond acceptors (Lipinski definition) is 8. The summed E-state index contributed by atoms with van der Waals surface area (Å²) in [4.78, 5) is 9.32. The molecule has 2 N–H and O–H groups in total. The third-order valence-electron chi connectivity index (χ3n) is 5.92. The van der Waals surface area contributed by atoms with Crippen molar-refractivity contribution in [2.24, 2.45) is 0 Å². The van der Waals surface area contributed by atoms with Gasteiger partial charge in [0.05, 0.1) is 28.2 Å². The first kappa shape index (κ1) is 20.1. The van der Waals surface area contributed by atoms with Crippen LogP contribution in [0, 0.1) is 0 Å². The molecule has 0 radical (unpaired) electrons. The highest BCUT2D eigenvalue weighted by atomic mass is 32.2. The van der Waals surface area contributed by atoms with E-state index in [2.05, 4.69) is 20.0 Å². The number of hydrogen-bond donors (Lipinski definition) is 2. The molecule has 33 heavy (non-hydrogen) atoms. The minimum atomic E-state index is -3.91. The molecule has 0 saturated carbocycles. The van der Waals surface area contributed by atoms with Crippen LogP contribution in [0.25, 0.3) is 33.7 Å². The normalized spacial score (nSPS) is 16.8. The Balaban J connectivity index is 1.61. The summed E-state index contributed by atoms with van der Waals surface area (Å²) in [7, 11) is -3.91. The molecule has 1 aromatic carbocycles. The topological polar surface area (TPSA) is 128 Å². The van der Waals surface area contributed by atoms with Gasteiger partial charge in [0.1, 0.15) is 17.9 Å². The molecule has 5 heterocycles. The Morgan fingerprint density at radius 2 is 2.00 bits per heavy atom. The number of aliphatic hydroxyl groups is 1. The molecule has 1 unspecified atom stereocenters. The largest absolute Gasteiger partial charge is 0.455 e. The van der Waals surface area contributed by atoms with Crippen molar-refractivity contribution < 1.29 is 17.9 Å². The first-order valence-corrected chi connectivity index (χ1v) is 12.0. The van der Waals surface area contributed by atoms with Crippen LogP contribution in [0.2, 0.25) is 0 Å². The summed E-state index contributed by atoms with van der Waals surface area (Å²) in [6.07, 6.45) is 3.97.